The van der Waals surface area contributed by atoms with Crippen molar-refractivity contribution in [3.8, 4) is 5.75 Å². The molecule has 10 heteroatoms. The Labute approximate surface area is 214 Å². The van der Waals surface area contributed by atoms with Gasteiger partial charge in [-0.3, -0.25) is 9.10 Å². The summed E-state index contributed by atoms with van der Waals surface area (Å²) in [6.07, 6.45) is 1.75. The van der Waals surface area contributed by atoms with Gasteiger partial charge in [0.05, 0.1) is 16.8 Å². The first-order valence-electron chi connectivity index (χ1n) is 10.8. The fourth-order valence-corrected chi connectivity index (χ4v) is 5.40. The van der Waals surface area contributed by atoms with E-state index in [-0.39, 0.29) is 16.7 Å². The molecule has 3 aromatic rings. The van der Waals surface area contributed by atoms with Crippen LogP contribution in [0.15, 0.2) is 82.8 Å². The molecule has 3 aromatic carbocycles. The van der Waals surface area contributed by atoms with E-state index in [1.54, 1.807) is 30.3 Å². The Morgan fingerprint density at radius 2 is 1.86 bits per heavy atom. The number of nitrogens with zero attached hydrogens (tertiary/aromatic N) is 2. The largest absolute Gasteiger partial charge is 0.489 e. The standard InChI is InChI=1S/C25H24ClN3O4S2/c1-18-5-11-24(12-6-18)35(31,32)29(21-4-2-3-20(26)13-21)15-25(30)28-27-14-19-7-9-22(10-8-19)33-23-16-34-17-23/h2-14,23H,15-17H2,1H3,(H,28,30). The number of thioether (sulfide) groups is 1. The molecule has 0 unspecified atom stereocenters. The lowest BCUT2D eigenvalue weighted by Crippen LogP contribution is -2.39. The Morgan fingerprint density at radius 3 is 2.49 bits per heavy atom. The number of hydrazone groups is 1. The zero-order chi connectivity index (χ0) is 24.8. The van der Waals surface area contributed by atoms with Crippen LogP contribution in [0.3, 0.4) is 0 Å². The van der Waals surface area contributed by atoms with Crippen LogP contribution in [0.5, 0.6) is 5.75 Å². The van der Waals surface area contributed by atoms with E-state index in [0.717, 1.165) is 32.7 Å². The maximum Gasteiger partial charge on any atom is 0.264 e. The molecule has 182 valence electrons. The molecule has 1 aliphatic rings. The number of carbonyl (C=O) groups excluding carboxylic acids is 1. The molecule has 0 atom stereocenters. The zero-order valence-electron chi connectivity index (χ0n) is 18.9. The first kappa shape index (κ1) is 25.1. The van der Waals surface area contributed by atoms with E-state index in [9.17, 15) is 13.2 Å². The van der Waals surface area contributed by atoms with Gasteiger partial charge in [-0.05, 0) is 67.1 Å². The van der Waals surface area contributed by atoms with E-state index in [4.69, 9.17) is 16.3 Å². The summed E-state index contributed by atoms with van der Waals surface area (Å²) in [6.45, 7) is 1.39. The van der Waals surface area contributed by atoms with Gasteiger partial charge in [-0.1, -0.05) is 35.4 Å². The normalized spacial score (nSPS) is 13.9. The number of anilines is 1. The summed E-state index contributed by atoms with van der Waals surface area (Å²) in [7, 11) is -4.03. The van der Waals surface area contributed by atoms with Crippen molar-refractivity contribution in [2.24, 2.45) is 5.10 Å². The molecule has 7 nitrogen and oxygen atoms in total. The van der Waals surface area contributed by atoms with E-state index in [1.165, 1.54) is 24.4 Å². The summed E-state index contributed by atoms with van der Waals surface area (Å²) >= 11 is 7.94. The molecule has 0 bridgehead atoms. The molecule has 4 rings (SSSR count). The van der Waals surface area contributed by atoms with Gasteiger partial charge in [0.15, 0.2) is 0 Å². The topological polar surface area (TPSA) is 88.1 Å². The van der Waals surface area contributed by atoms with Crippen molar-refractivity contribution in [1.29, 1.82) is 0 Å². The lowest BCUT2D eigenvalue weighted by molar-refractivity contribution is -0.119. The number of amides is 1. The second-order valence-corrected chi connectivity index (χ2v) is 11.3. The van der Waals surface area contributed by atoms with Crippen molar-refractivity contribution < 1.29 is 17.9 Å². The Bertz CT molecular complexity index is 1310. The zero-order valence-corrected chi connectivity index (χ0v) is 21.3. The van der Waals surface area contributed by atoms with Gasteiger partial charge < -0.3 is 4.74 Å². The molecule has 0 saturated carbocycles. The number of sulfonamides is 1. The lowest BCUT2D eigenvalue weighted by atomic mass is 10.2. The Balaban J connectivity index is 1.45. The first-order valence-corrected chi connectivity index (χ1v) is 13.8. The maximum absolute atomic E-state index is 13.4. The van der Waals surface area contributed by atoms with Crippen LogP contribution in [-0.2, 0) is 14.8 Å². The molecule has 0 spiro atoms. The van der Waals surface area contributed by atoms with Gasteiger partial charge in [0.2, 0.25) is 0 Å². The molecule has 0 aliphatic carbocycles. The van der Waals surface area contributed by atoms with Crippen molar-refractivity contribution in [3.05, 3.63) is 88.9 Å². The summed E-state index contributed by atoms with van der Waals surface area (Å²) in [4.78, 5) is 12.7. The third-order valence-electron chi connectivity index (χ3n) is 5.19. The first-order chi connectivity index (χ1) is 16.8. The summed E-state index contributed by atoms with van der Waals surface area (Å²) in [5.74, 6) is 2.19. The number of nitrogens with one attached hydrogen (secondary N) is 1. The summed E-state index contributed by atoms with van der Waals surface area (Å²) in [5, 5.41) is 4.33. The molecule has 35 heavy (non-hydrogen) atoms. The number of benzene rings is 3. The number of rotatable bonds is 9. The van der Waals surface area contributed by atoms with Crippen molar-refractivity contribution in [2.75, 3.05) is 22.4 Å². The van der Waals surface area contributed by atoms with Gasteiger partial charge >= 0.3 is 0 Å². The fraction of sp³-hybridized carbons (Fsp3) is 0.200. The minimum absolute atomic E-state index is 0.0715. The van der Waals surface area contributed by atoms with E-state index < -0.39 is 22.5 Å². The summed E-state index contributed by atoms with van der Waals surface area (Å²) < 4.78 is 33.6. The third-order valence-corrected chi connectivity index (χ3v) is 8.42. The smallest absolute Gasteiger partial charge is 0.264 e. The highest BCUT2D eigenvalue weighted by atomic mass is 35.5. The maximum atomic E-state index is 13.4. The Hall–Kier alpha value is -3.01. The van der Waals surface area contributed by atoms with Crippen LogP contribution < -0.4 is 14.5 Å². The van der Waals surface area contributed by atoms with Gasteiger partial charge in [0, 0.05) is 16.5 Å². The number of hydrogen-bond acceptors (Lipinski definition) is 6. The highest BCUT2D eigenvalue weighted by molar-refractivity contribution is 8.00. The highest BCUT2D eigenvalue weighted by Crippen LogP contribution is 2.26. The SMILES string of the molecule is Cc1ccc(S(=O)(=O)N(CC(=O)NN=Cc2ccc(OC3CSC3)cc2)c2cccc(Cl)c2)cc1. The van der Waals surface area contributed by atoms with E-state index in [2.05, 4.69) is 10.5 Å². The molecule has 1 N–H and O–H groups in total. The minimum atomic E-state index is -4.03. The van der Waals surface area contributed by atoms with E-state index >= 15 is 0 Å². The summed E-state index contributed by atoms with van der Waals surface area (Å²) in [6, 6.07) is 20.1. The number of aryl methyl sites for hydroxylation is 1. The minimum Gasteiger partial charge on any atom is -0.489 e. The third kappa shape index (κ3) is 6.56. The number of carbonyl (C=O) groups is 1. The molecule has 0 radical (unpaired) electrons. The highest BCUT2D eigenvalue weighted by Gasteiger charge is 2.27. The average molecular weight is 530 g/mol. The molecular formula is C25H24ClN3O4S2. The van der Waals surface area contributed by atoms with E-state index in [0.29, 0.717) is 5.02 Å². The van der Waals surface area contributed by atoms with Crippen molar-refractivity contribution in [2.45, 2.75) is 17.9 Å². The van der Waals surface area contributed by atoms with Crippen LogP contribution in [0, 0.1) is 6.92 Å². The molecule has 1 saturated heterocycles. The number of hydrogen-bond donors (Lipinski definition) is 1. The van der Waals surface area contributed by atoms with Gasteiger partial charge in [-0.15, -0.1) is 0 Å². The lowest BCUT2D eigenvalue weighted by Gasteiger charge is -2.25. The van der Waals surface area contributed by atoms with Gasteiger partial charge in [-0.2, -0.15) is 16.9 Å². The van der Waals surface area contributed by atoms with Gasteiger partial charge in [-0.25, -0.2) is 13.8 Å². The van der Waals surface area contributed by atoms with Gasteiger partial charge in [0.25, 0.3) is 15.9 Å². The van der Waals surface area contributed by atoms with Crippen molar-refractivity contribution in [1.82, 2.24) is 5.43 Å². The quantitative estimate of drug-likeness (QED) is 0.326. The Kier molecular flexibility index (Phi) is 8.00. The number of halogens is 1. The second kappa shape index (κ2) is 11.2. The van der Waals surface area contributed by atoms with Crippen LogP contribution in [-0.4, -0.2) is 44.7 Å². The monoisotopic (exact) mass is 529 g/mol. The van der Waals surface area contributed by atoms with Crippen LogP contribution in [0.2, 0.25) is 5.02 Å². The predicted octanol–water partition coefficient (Wildman–Crippen LogP) is 4.49. The molecule has 1 aliphatic heterocycles. The number of ether oxygens (including phenoxy) is 1. The van der Waals surface area contributed by atoms with Crippen LogP contribution in [0.1, 0.15) is 11.1 Å². The molecule has 1 heterocycles. The van der Waals surface area contributed by atoms with Crippen LogP contribution >= 0.6 is 23.4 Å². The van der Waals surface area contributed by atoms with E-state index in [1.807, 2.05) is 43.0 Å². The van der Waals surface area contributed by atoms with Crippen LogP contribution in [0.4, 0.5) is 5.69 Å². The predicted molar refractivity (Wildman–Crippen MR) is 141 cm³/mol. The average Bonchev–Trinajstić information content (AvgIpc) is 2.81. The van der Waals surface area contributed by atoms with Gasteiger partial charge in [0.1, 0.15) is 18.4 Å². The Morgan fingerprint density at radius 1 is 1.14 bits per heavy atom. The fourth-order valence-electron chi connectivity index (χ4n) is 3.24. The molecular weight excluding hydrogens is 506 g/mol. The van der Waals surface area contributed by atoms with Crippen molar-refractivity contribution >= 4 is 51.2 Å². The molecule has 1 fully saturated rings. The second-order valence-electron chi connectivity index (χ2n) is 7.94. The van der Waals surface area contributed by atoms with Crippen LogP contribution in [0.25, 0.3) is 0 Å². The molecule has 0 aromatic heterocycles. The summed E-state index contributed by atoms with van der Waals surface area (Å²) in [5.41, 5.74) is 4.36. The molecule has 1 amide bonds. The van der Waals surface area contributed by atoms with Crippen molar-refractivity contribution in [3.63, 3.8) is 0 Å².